The second-order valence-electron chi connectivity index (χ2n) is 4.79. The first-order valence-electron chi connectivity index (χ1n) is 6.43. The monoisotopic (exact) mass is 282 g/mol. The Labute approximate surface area is 118 Å². The van der Waals surface area contributed by atoms with Gasteiger partial charge in [-0.3, -0.25) is 4.79 Å². The molecule has 0 spiro atoms. The third-order valence-electron chi connectivity index (χ3n) is 3.40. The summed E-state index contributed by atoms with van der Waals surface area (Å²) in [6.07, 6.45) is 0.991. The summed E-state index contributed by atoms with van der Waals surface area (Å²) in [6, 6.07) is 5.14. The number of carbonyl (C=O) groups is 1. The van der Waals surface area contributed by atoms with Crippen molar-refractivity contribution in [2.24, 2.45) is 0 Å². The number of hydrogen-bond acceptors (Lipinski definition) is 3. The van der Waals surface area contributed by atoms with Crippen molar-refractivity contribution in [1.82, 2.24) is 9.80 Å². The standard InChI is InChI=1S/C14H19ClN2O2/c1-16-6-3-7-17(9-8-16)14(18)12-10-11(15)4-5-13(12)19-2/h4-5,10H,3,6-9H2,1-2H3. The quantitative estimate of drug-likeness (QED) is 0.833. The van der Waals surface area contributed by atoms with Gasteiger partial charge in [-0.15, -0.1) is 0 Å². The molecule has 0 unspecified atom stereocenters. The molecule has 4 nitrogen and oxygen atoms in total. The molecule has 104 valence electrons. The average molecular weight is 283 g/mol. The lowest BCUT2D eigenvalue weighted by Gasteiger charge is -2.21. The van der Waals surface area contributed by atoms with Crippen molar-refractivity contribution >= 4 is 17.5 Å². The molecule has 0 bridgehead atoms. The summed E-state index contributed by atoms with van der Waals surface area (Å²) in [5.74, 6) is 0.571. The third-order valence-corrected chi connectivity index (χ3v) is 3.63. The maximum absolute atomic E-state index is 12.6. The number of ether oxygens (including phenoxy) is 1. The molecule has 19 heavy (non-hydrogen) atoms. The number of nitrogens with zero attached hydrogens (tertiary/aromatic N) is 2. The Kier molecular flexibility index (Phi) is 4.66. The van der Waals surface area contributed by atoms with Crippen molar-refractivity contribution < 1.29 is 9.53 Å². The van der Waals surface area contributed by atoms with Crippen LogP contribution in [0.5, 0.6) is 5.75 Å². The number of benzene rings is 1. The van der Waals surface area contributed by atoms with E-state index in [1.165, 1.54) is 0 Å². The van der Waals surface area contributed by atoms with E-state index in [4.69, 9.17) is 16.3 Å². The highest BCUT2D eigenvalue weighted by atomic mass is 35.5. The zero-order valence-corrected chi connectivity index (χ0v) is 12.1. The third kappa shape index (κ3) is 3.39. The minimum atomic E-state index is -0.00495. The van der Waals surface area contributed by atoms with Gasteiger partial charge in [0, 0.05) is 24.7 Å². The predicted octanol–water partition coefficient (Wildman–Crippen LogP) is 2.13. The zero-order chi connectivity index (χ0) is 13.8. The molecule has 1 aliphatic heterocycles. The van der Waals surface area contributed by atoms with E-state index in [1.807, 2.05) is 4.90 Å². The van der Waals surface area contributed by atoms with Crippen LogP contribution in [0.2, 0.25) is 5.02 Å². The molecule has 0 saturated carbocycles. The van der Waals surface area contributed by atoms with Crippen LogP contribution < -0.4 is 4.74 Å². The Hall–Kier alpha value is -1.26. The summed E-state index contributed by atoms with van der Waals surface area (Å²) in [7, 11) is 3.64. The normalized spacial score (nSPS) is 17.1. The fraction of sp³-hybridized carbons (Fsp3) is 0.500. The van der Waals surface area contributed by atoms with Gasteiger partial charge < -0.3 is 14.5 Å². The fourth-order valence-electron chi connectivity index (χ4n) is 2.27. The SMILES string of the molecule is COc1ccc(Cl)cc1C(=O)N1CCCN(C)CC1. The van der Waals surface area contributed by atoms with Crippen LogP contribution in [0.25, 0.3) is 0 Å². The Morgan fingerprint density at radius 1 is 1.26 bits per heavy atom. The number of rotatable bonds is 2. The number of halogens is 1. The van der Waals surface area contributed by atoms with Gasteiger partial charge in [-0.25, -0.2) is 0 Å². The van der Waals surface area contributed by atoms with E-state index in [2.05, 4.69) is 11.9 Å². The molecule has 1 aliphatic rings. The molecule has 1 aromatic rings. The molecule has 0 atom stereocenters. The summed E-state index contributed by atoms with van der Waals surface area (Å²) in [5.41, 5.74) is 0.541. The lowest BCUT2D eigenvalue weighted by Crippen LogP contribution is -2.34. The topological polar surface area (TPSA) is 32.8 Å². The molecule has 0 aliphatic carbocycles. The zero-order valence-electron chi connectivity index (χ0n) is 11.4. The van der Waals surface area contributed by atoms with E-state index in [1.54, 1.807) is 25.3 Å². The van der Waals surface area contributed by atoms with Crippen LogP contribution in [-0.4, -0.2) is 56.0 Å². The van der Waals surface area contributed by atoms with Gasteiger partial charge in [0.25, 0.3) is 5.91 Å². The summed E-state index contributed by atoms with van der Waals surface area (Å²) >= 11 is 5.98. The Balaban J connectivity index is 2.21. The van der Waals surface area contributed by atoms with Crippen LogP contribution >= 0.6 is 11.6 Å². The first kappa shape index (κ1) is 14.2. The number of methoxy groups -OCH3 is 1. The van der Waals surface area contributed by atoms with Crippen LogP contribution in [0.1, 0.15) is 16.8 Å². The van der Waals surface area contributed by atoms with Crippen molar-refractivity contribution in [1.29, 1.82) is 0 Å². The van der Waals surface area contributed by atoms with Crippen LogP contribution in [0, 0.1) is 0 Å². The molecule has 1 amide bonds. The first-order chi connectivity index (χ1) is 9.11. The molecule has 1 fully saturated rings. The van der Waals surface area contributed by atoms with Crippen molar-refractivity contribution in [3.8, 4) is 5.75 Å². The second kappa shape index (κ2) is 6.26. The predicted molar refractivity (Wildman–Crippen MR) is 76.0 cm³/mol. The Bertz CT molecular complexity index is 465. The van der Waals surface area contributed by atoms with E-state index in [0.29, 0.717) is 16.3 Å². The van der Waals surface area contributed by atoms with Gasteiger partial charge in [0.1, 0.15) is 5.75 Å². The fourth-order valence-corrected chi connectivity index (χ4v) is 2.44. The smallest absolute Gasteiger partial charge is 0.257 e. The summed E-state index contributed by atoms with van der Waals surface area (Å²) in [5, 5.41) is 0.552. The average Bonchev–Trinajstić information content (AvgIpc) is 2.62. The first-order valence-corrected chi connectivity index (χ1v) is 6.81. The molecule has 2 rings (SSSR count). The van der Waals surface area contributed by atoms with Gasteiger partial charge in [-0.05, 0) is 38.2 Å². The van der Waals surface area contributed by atoms with Crippen LogP contribution in [0.15, 0.2) is 18.2 Å². The molecule has 1 aromatic carbocycles. The van der Waals surface area contributed by atoms with Crippen molar-refractivity contribution in [3.05, 3.63) is 28.8 Å². The van der Waals surface area contributed by atoms with Crippen molar-refractivity contribution in [3.63, 3.8) is 0 Å². The van der Waals surface area contributed by atoms with Crippen LogP contribution in [-0.2, 0) is 0 Å². The molecule has 5 heteroatoms. The molecular formula is C14H19ClN2O2. The van der Waals surface area contributed by atoms with Gasteiger partial charge in [-0.2, -0.15) is 0 Å². The highest BCUT2D eigenvalue weighted by molar-refractivity contribution is 6.31. The van der Waals surface area contributed by atoms with Gasteiger partial charge in [-0.1, -0.05) is 11.6 Å². The lowest BCUT2D eigenvalue weighted by molar-refractivity contribution is 0.0759. The van der Waals surface area contributed by atoms with E-state index >= 15 is 0 Å². The van der Waals surface area contributed by atoms with Crippen molar-refractivity contribution in [2.45, 2.75) is 6.42 Å². The highest BCUT2D eigenvalue weighted by Gasteiger charge is 2.21. The van der Waals surface area contributed by atoms with Gasteiger partial charge in [0.05, 0.1) is 12.7 Å². The van der Waals surface area contributed by atoms with Gasteiger partial charge >= 0.3 is 0 Å². The number of likely N-dealkylation sites (N-methyl/N-ethyl adjacent to an activating group) is 1. The number of amides is 1. The Morgan fingerprint density at radius 2 is 2.05 bits per heavy atom. The molecule has 1 heterocycles. The summed E-state index contributed by atoms with van der Waals surface area (Å²) in [6.45, 7) is 3.44. The van der Waals surface area contributed by atoms with E-state index in [0.717, 1.165) is 32.6 Å². The maximum Gasteiger partial charge on any atom is 0.257 e. The van der Waals surface area contributed by atoms with Gasteiger partial charge in [0.2, 0.25) is 0 Å². The van der Waals surface area contributed by atoms with E-state index in [9.17, 15) is 4.79 Å². The number of carbonyl (C=O) groups excluding carboxylic acids is 1. The number of hydrogen-bond donors (Lipinski definition) is 0. The molecule has 1 saturated heterocycles. The van der Waals surface area contributed by atoms with E-state index < -0.39 is 0 Å². The van der Waals surface area contributed by atoms with Gasteiger partial charge in [0.15, 0.2) is 0 Å². The summed E-state index contributed by atoms with van der Waals surface area (Å²) < 4.78 is 5.25. The largest absolute Gasteiger partial charge is 0.496 e. The Morgan fingerprint density at radius 3 is 2.79 bits per heavy atom. The maximum atomic E-state index is 12.6. The molecular weight excluding hydrogens is 264 g/mol. The second-order valence-corrected chi connectivity index (χ2v) is 5.23. The molecule has 0 radical (unpaired) electrons. The minimum absolute atomic E-state index is 0.00495. The highest BCUT2D eigenvalue weighted by Crippen LogP contribution is 2.24. The lowest BCUT2D eigenvalue weighted by atomic mass is 10.1. The van der Waals surface area contributed by atoms with Crippen molar-refractivity contribution in [2.75, 3.05) is 40.3 Å². The van der Waals surface area contributed by atoms with Crippen LogP contribution in [0.4, 0.5) is 0 Å². The van der Waals surface area contributed by atoms with Crippen LogP contribution in [0.3, 0.4) is 0 Å². The molecule has 0 N–H and O–H groups in total. The summed E-state index contributed by atoms with van der Waals surface area (Å²) in [4.78, 5) is 16.7. The minimum Gasteiger partial charge on any atom is -0.496 e. The molecule has 0 aromatic heterocycles. The van der Waals surface area contributed by atoms with E-state index in [-0.39, 0.29) is 5.91 Å².